The second kappa shape index (κ2) is 5.92. The number of hydrogen-bond donors (Lipinski definition) is 0. The molecule has 2 aromatic carbocycles. The van der Waals surface area contributed by atoms with Gasteiger partial charge in [0.15, 0.2) is 0 Å². The minimum absolute atomic E-state index is 0.551. The standard InChI is InChI=1S/C18H22O/c1-5-19-17-8-6-7-15(11-17)16-10-9-14(4)18(12-16)13(2)3/h6-13H,5H2,1-4H3. The summed E-state index contributed by atoms with van der Waals surface area (Å²) in [6.07, 6.45) is 0. The predicted octanol–water partition coefficient (Wildman–Crippen LogP) is 5.18. The number of benzene rings is 2. The van der Waals surface area contributed by atoms with Gasteiger partial charge in [0.1, 0.15) is 5.75 Å². The van der Waals surface area contributed by atoms with Crippen molar-refractivity contribution in [3.05, 3.63) is 53.6 Å². The van der Waals surface area contributed by atoms with Crippen LogP contribution >= 0.6 is 0 Å². The van der Waals surface area contributed by atoms with Crippen LogP contribution in [0.2, 0.25) is 0 Å². The molecule has 0 atom stereocenters. The largest absolute Gasteiger partial charge is 0.494 e. The molecule has 100 valence electrons. The molecule has 0 saturated carbocycles. The Balaban J connectivity index is 2.41. The molecule has 1 heteroatoms. The van der Waals surface area contributed by atoms with Gasteiger partial charge in [0, 0.05) is 0 Å². The third-order valence-electron chi connectivity index (χ3n) is 3.38. The van der Waals surface area contributed by atoms with Crippen molar-refractivity contribution in [1.29, 1.82) is 0 Å². The van der Waals surface area contributed by atoms with Crippen molar-refractivity contribution in [2.24, 2.45) is 0 Å². The molecular formula is C18H22O. The van der Waals surface area contributed by atoms with Crippen LogP contribution in [0.4, 0.5) is 0 Å². The topological polar surface area (TPSA) is 9.23 Å². The van der Waals surface area contributed by atoms with E-state index in [0.717, 1.165) is 5.75 Å². The van der Waals surface area contributed by atoms with Gasteiger partial charge in [0.2, 0.25) is 0 Å². The zero-order valence-corrected chi connectivity index (χ0v) is 12.2. The Bertz CT molecular complexity index is 555. The lowest BCUT2D eigenvalue weighted by Crippen LogP contribution is -1.94. The van der Waals surface area contributed by atoms with Gasteiger partial charge >= 0.3 is 0 Å². The Hall–Kier alpha value is -1.76. The summed E-state index contributed by atoms with van der Waals surface area (Å²) in [5.74, 6) is 1.49. The Morgan fingerprint density at radius 3 is 2.42 bits per heavy atom. The van der Waals surface area contributed by atoms with E-state index in [1.807, 2.05) is 13.0 Å². The molecule has 0 radical (unpaired) electrons. The van der Waals surface area contributed by atoms with Gasteiger partial charge in [0.05, 0.1) is 6.61 Å². The molecule has 0 bridgehead atoms. The summed E-state index contributed by atoms with van der Waals surface area (Å²) in [6, 6.07) is 15.0. The average Bonchev–Trinajstić information content (AvgIpc) is 2.39. The van der Waals surface area contributed by atoms with Crippen molar-refractivity contribution < 1.29 is 4.74 Å². The molecule has 0 amide bonds. The van der Waals surface area contributed by atoms with Crippen LogP contribution in [0, 0.1) is 6.92 Å². The molecular weight excluding hydrogens is 232 g/mol. The van der Waals surface area contributed by atoms with E-state index in [1.54, 1.807) is 0 Å². The van der Waals surface area contributed by atoms with Crippen molar-refractivity contribution in [3.63, 3.8) is 0 Å². The van der Waals surface area contributed by atoms with E-state index in [0.29, 0.717) is 12.5 Å². The Morgan fingerprint density at radius 2 is 1.74 bits per heavy atom. The molecule has 0 fully saturated rings. The summed E-state index contributed by atoms with van der Waals surface area (Å²) in [4.78, 5) is 0. The predicted molar refractivity (Wildman–Crippen MR) is 81.9 cm³/mol. The average molecular weight is 254 g/mol. The molecule has 0 saturated heterocycles. The molecule has 0 unspecified atom stereocenters. The molecule has 0 N–H and O–H groups in total. The summed E-state index contributed by atoms with van der Waals surface area (Å²) in [7, 11) is 0. The SMILES string of the molecule is CCOc1cccc(-c2ccc(C)c(C(C)C)c2)c1. The highest BCUT2D eigenvalue weighted by Crippen LogP contribution is 2.28. The molecule has 1 nitrogen and oxygen atoms in total. The first-order valence-corrected chi connectivity index (χ1v) is 6.95. The fourth-order valence-electron chi connectivity index (χ4n) is 2.37. The van der Waals surface area contributed by atoms with Gasteiger partial charge in [-0.15, -0.1) is 0 Å². The van der Waals surface area contributed by atoms with Gasteiger partial charge in [-0.1, -0.05) is 44.2 Å². The molecule has 19 heavy (non-hydrogen) atoms. The van der Waals surface area contributed by atoms with Crippen LogP contribution < -0.4 is 4.74 Å². The van der Waals surface area contributed by atoms with Crippen molar-refractivity contribution in [1.82, 2.24) is 0 Å². The first kappa shape index (κ1) is 13.7. The van der Waals surface area contributed by atoms with Gasteiger partial charge in [0.25, 0.3) is 0 Å². The monoisotopic (exact) mass is 254 g/mol. The zero-order chi connectivity index (χ0) is 13.8. The van der Waals surface area contributed by atoms with Crippen LogP contribution in [0.3, 0.4) is 0 Å². The molecule has 0 aliphatic heterocycles. The molecule has 2 aromatic rings. The van der Waals surface area contributed by atoms with E-state index in [4.69, 9.17) is 4.74 Å². The van der Waals surface area contributed by atoms with E-state index in [1.165, 1.54) is 22.3 Å². The van der Waals surface area contributed by atoms with E-state index in [2.05, 4.69) is 57.2 Å². The van der Waals surface area contributed by atoms with Crippen LogP contribution in [-0.4, -0.2) is 6.61 Å². The quantitative estimate of drug-likeness (QED) is 0.730. The van der Waals surface area contributed by atoms with E-state index in [9.17, 15) is 0 Å². The summed E-state index contributed by atoms with van der Waals surface area (Å²) in [5, 5.41) is 0. The Kier molecular flexibility index (Phi) is 4.26. The van der Waals surface area contributed by atoms with Crippen LogP contribution in [0.5, 0.6) is 5.75 Å². The summed E-state index contributed by atoms with van der Waals surface area (Å²) in [5.41, 5.74) is 5.25. The second-order valence-electron chi connectivity index (χ2n) is 5.19. The van der Waals surface area contributed by atoms with Crippen LogP contribution in [0.15, 0.2) is 42.5 Å². The fourth-order valence-corrected chi connectivity index (χ4v) is 2.37. The van der Waals surface area contributed by atoms with Crippen molar-refractivity contribution in [3.8, 4) is 16.9 Å². The van der Waals surface area contributed by atoms with E-state index >= 15 is 0 Å². The highest BCUT2D eigenvalue weighted by molar-refractivity contribution is 5.66. The third kappa shape index (κ3) is 3.17. The maximum absolute atomic E-state index is 5.57. The second-order valence-corrected chi connectivity index (χ2v) is 5.19. The lowest BCUT2D eigenvalue weighted by molar-refractivity contribution is 0.340. The van der Waals surface area contributed by atoms with Gasteiger partial charge in [-0.25, -0.2) is 0 Å². The first-order chi connectivity index (χ1) is 9.11. The molecule has 2 rings (SSSR count). The van der Waals surface area contributed by atoms with Gasteiger partial charge in [-0.3, -0.25) is 0 Å². The first-order valence-electron chi connectivity index (χ1n) is 6.95. The Morgan fingerprint density at radius 1 is 1.00 bits per heavy atom. The minimum atomic E-state index is 0.551. The lowest BCUT2D eigenvalue weighted by atomic mass is 9.93. The molecule has 0 aliphatic carbocycles. The van der Waals surface area contributed by atoms with Crippen LogP contribution in [0.25, 0.3) is 11.1 Å². The van der Waals surface area contributed by atoms with Crippen molar-refractivity contribution in [2.75, 3.05) is 6.61 Å². The number of aryl methyl sites for hydroxylation is 1. The van der Waals surface area contributed by atoms with Crippen molar-refractivity contribution >= 4 is 0 Å². The highest BCUT2D eigenvalue weighted by Gasteiger charge is 2.06. The van der Waals surface area contributed by atoms with Gasteiger partial charge < -0.3 is 4.74 Å². The fraction of sp³-hybridized carbons (Fsp3) is 0.333. The normalized spacial score (nSPS) is 10.8. The zero-order valence-electron chi connectivity index (χ0n) is 12.2. The van der Waals surface area contributed by atoms with Gasteiger partial charge in [-0.2, -0.15) is 0 Å². The Labute approximate surface area is 116 Å². The maximum Gasteiger partial charge on any atom is 0.119 e. The molecule has 0 aliphatic rings. The summed E-state index contributed by atoms with van der Waals surface area (Å²) >= 11 is 0. The minimum Gasteiger partial charge on any atom is -0.494 e. The number of rotatable bonds is 4. The smallest absolute Gasteiger partial charge is 0.119 e. The van der Waals surface area contributed by atoms with Crippen LogP contribution in [-0.2, 0) is 0 Å². The number of hydrogen-bond acceptors (Lipinski definition) is 1. The lowest BCUT2D eigenvalue weighted by Gasteiger charge is -2.13. The molecule has 0 heterocycles. The highest BCUT2D eigenvalue weighted by atomic mass is 16.5. The number of ether oxygens (including phenoxy) is 1. The van der Waals surface area contributed by atoms with E-state index in [-0.39, 0.29) is 0 Å². The van der Waals surface area contributed by atoms with E-state index < -0.39 is 0 Å². The molecule has 0 aromatic heterocycles. The van der Waals surface area contributed by atoms with Crippen molar-refractivity contribution in [2.45, 2.75) is 33.6 Å². The maximum atomic E-state index is 5.57. The van der Waals surface area contributed by atoms with Crippen LogP contribution in [0.1, 0.15) is 37.8 Å². The molecule has 0 spiro atoms. The summed E-state index contributed by atoms with van der Waals surface area (Å²) < 4.78 is 5.57. The summed E-state index contributed by atoms with van der Waals surface area (Å²) in [6.45, 7) is 9.37. The van der Waals surface area contributed by atoms with Gasteiger partial charge in [-0.05, 0) is 54.2 Å². The third-order valence-corrected chi connectivity index (χ3v) is 3.38.